The topological polar surface area (TPSA) is 15.3 Å². The van der Waals surface area contributed by atoms with E-state index in [1.807, 2.05) is 0 Å². The largest absolute Gasteiger partial charge is 0.318 e. The molecule has 0 aromatic heterocycles. The third kappa shape index (κ3) is 1.96. The minimum Gasteiger partial charge on any atom is -0.318 e. The number of rotatable bonds is 3. The summed E-state index contributed by atoms with van der Waals surface area (Å²) in [6.45, 7) is 7.31. The summed E-state index contributed by atoms with van der Waals surface area (Å²) in [5.41, 5.74) is 0.622. The van der Waals surface area contributed by atoms with Gasteiger partial charge in [0.1, 0.15) is 0 Å². The van der Waals surface area contributed by atoms with Crippen molar-refractivity contribution >= 4 is 0 Å². The molecule has 0 aromatic rings. The molecule has 2 fully saturated rings. The fourth-order valence-corrected chi connectivity index (χ4v) is 3.24. The van der Waals surface area contributed by atoms with Crippen molar-refractivity contribution in [2.75, 3.05) is 20.1 Å². The van der Waals surface area contributed by atoms with E-state index in [9.17, 15) is 0 Å². The molecule has 1 heterocycles. The van der Waals surface area contributed by atoms with Crippen LogP contribution in [-0.2, 0) is 0 Å². The summed E-state index contributed by atoms with van der Waals surface area (Å²) in [6.07, 6.45) is 5.63. The van der Waals surface area contributed by atoms with Gasteiger partial charge in [0.2, 0.25) is 0 Å². The van der Waals surface area contributed by atoms with Gasteiger partial charge >= 0.3 is 0 Å². The van der Waals surface area contributed by atoms with Gasteiger partial charge in [0, 0.05) is 18.6 Å². The smallest absolute Gasteiger partial charge is 0.0223 e. The lowest BCUT2D eigenvalue weighted by Gasteiger charge is -2.49. The fourth-order valence-electron chi connectivity index (χ4n) is 3.24. The number of likely N-dealkylation sites (N-methyl/N-ethyl adjacent to an activating group) is 1. The Balaban J connectivity index is 1.85. The second-order valence-corrected chi connectivity index (χ2v) is 5.82. The van der Waals surface area contributed by atoms with Crippen LogP contribution in [0.3, 0.4) is 0 Å². The van der Waals surface area contributed by atoms with Crippen LogP contribution in [-0.4, -0.2) is 37.1 Å². The van der Waals surface area contributed by atoms with Gasteiger partial charge in [0.05, 0.1) is 0 Å². The molecule has 0 bridgehead atoms. The Morgan fingerprint density at radius 1 is 1.36 bits per heavy atom. The van der Waals surface area contributed by atoms with Crippen molar-refractivity contribution in [3.05, 3.63) is 0 Å². The Hall–Kier alpha value is -0.0800. The molecular weight excluding hydrogens is 172 g/mol. The van der Waals surface area contributed by atoms with Crippen molar-refractivity contribution < 1.29 is 0 Å². The summed E-state index contributed by atoms with van der Waals surface area (Å²) in [5.74, 6) is 0. The maximum absolute atomic E-state index is 3.32. The third-order valence-electron chi connectivity index (χ3n) is 3.91. The molecule has 2 heteroatoms. The fraction of sp³-hybridized carbons (Fsp3) is 1.00. The summed E-state index contributed by atoms with van der Waals surface area (Å²) < 4.78 is 0. The summed E-state index contributed by atoms with van der Waals surface area (Å²) in [6, 6.07) is 1.71. The van der Waals surface area contributed by atoms with E-state index in [1.165, 1.54) is 38.8 Å². The molecule has 82 valence electrons. The van der Waals surface area contributed by atoms with E-state index in [4.69, 9.17) is 0 Å². The lowest BCUT2D eigenvalue weighted by Crippen LogP contribution is -2.52. The molecule has 0 aromatic carbocycles. The summed E-state index contributed by atoms with van der Waals surface area (Å²) in [7, 11) is 2.07. The standard InChI is InChI=1S/C12H24N2/c1-12(2)7-11(8-12)14-6-4-5-10(14)9-13-3/h10-11,13H,4-9H2,1-3H3. The normalized spacial score (nSPS) is 33.2. The van der Waals surface area contributed by atoms with E-state index in [0.717, 1.165) is 12.1 Å². The molecule has 0 radical (unpaired) electrons. The van der Waals surface area contributed by atoms with Crippen LogP contribution in [0.4, 0.5) is 0 Å². The lowest BCUT2D eigenvalue weighted by atomic mass is 9.68. The monoisotopic (exact) mass is 196 g/mol. The van der Waals surface area contributed by atoms with Gasteiger partial charge in [0.25, 0.3) is 0 Å². The van der Waals surface area contributed by atoms with Gasteiger partial charge in [-0.1, -0.05) is 13.8 Å². The first-order chi connectivity index (χ1) is 6.62. The zero-order valence-electron chi connectivity index (χ0n) is 9.84. The van der Waals surface area contributed by atoms with Crippen LogP contribution in [0.15, 0.2) is 0 Å². The molecule has 2 aliphatic rings. The van der Waals surface area contributed by atoms with Gasteiger partial charge in [-0.15, -0.1) is 0 Å². The molecule has 0 amide bonds. The van der Waals surface area contributed by atoms with E-state index in [1.54, 1.807) is 0 Å². The molecule has 1 unspecified atom stereocenters. The zero-order chi connectivity index (χ0) is 10.2. The maximum atomic E-state index is 3.32. The Bertz CT molecular complexity index is 192. The highest BCUT2D eigenvalue weighted by Gasteiger charge is 2.42. The predicted molar refractivity (Wildman–Crippen MR) is 60.5 cm³/mol. The van der Waals surface area contributed by atoms with Gasteiger partial charge in [-0.3, -0.25) is 4.90 Å². The number of hydrogen-bond acceptors (Lipinski definition) is 2. The van der Waals surface area contributed by atoms with Gasteiger partial charge in [-0.25, -0.2) is 0 Å². The highest BCUT2D eigenvalue weighted by Crippen LogP contribution is 2.44. The minimum absolute atomic E-state index is 0.622. The Labute approximate surface area is 88.1 Å². The molecule has 1 saturated carbocycles. The van der Waals surface area contributed by atoms with Gasteiger partial charge < -0.3 is 5.32 Å². The van der Waals surface area contributed by atoms with Crippen LogP contribution in [0.1, 0.15) is 39.5 Å². The van der Waals surface area contributed by atoms with Crippen molar-refractivity contribution in [3.8, 4) is 0 Å². The van der Waals surface area contributed by atoms with Gasteiger partial charge in [0.15, 0.2) is 0 Å². The first-order valence-electron chi connectivity index (χ1n) is 6.03. The van der Waals surface area contributed by atoms with Crippen molar-refractivity contribution in [2.45, 2.75) is 51.6 Å². The SMILES string of the molecule is CNCC1CCCN1C1CC(C)(C)C1. The Morgan fingerprint density at radius 2 is 2.07 bits per heavy atom. The Morgan fingerprint density at radius 3 is 2.64 bits per heavy atom. The van der Waals surface area contributed by atoms with E-state index in [-0.39, 0.29) is 0 Å². The number of nitrogens with zero attached hydrogens (tertiary/aromatic N) is 1. The van der Waals surface area contributed by atoms with Crippen molar-refractivity contribution in [2.24, 2.45) is 5.41 Å². The molecule has 0 spiro atoms. The summed E-state index contributed by atoms with van der Waals surface area (Å²) in [5, 5.41) is 3.32. The lowest BCUT2D eigenvalue weighted by molar-refractivity contribution is 0.0186. The molecule has 1 N–H and O–H groups in total. The van der Waals surface area contributed by atoms with E-state index in [0.29, 0.717) is 5.41 Å². The molecule has 1 aliphatic heterocycles. The van der Waals surface area contributed by atoms with Crippen molar-refractivity contribution in [3.63, 3.8) is 0 Å². The van der Waals surface area contributed by atoms with Crippen LogP contribution < -0.4 is 5.32 Å². The second-order valence-electron chi connectivity index (χ2n) is 5.82. The van der Waals surface area contributed by atoms with Gasteiger partial charge in [-0.05, 0) is 44.7 Å². The quantitative estimate of drug-likeness (QED) is 0.741. The molecule has 1 saturated heterocycles. The molecular formula is C12H24N2. The Kier molecular flexibility index (Phi) is 2.85. The van der Waals surface area contributed by atoms with Crippen LogP contribution >= 0.6 is 0 Å². The van der Waals surface area contributed by atoms with Crippen LogP contribution in [0.5, 0.6) is 0 Å². The number of likely N-dealkylation sites (tertiary alicyclic amines) is 1. The highest BCUT2D eigenvalue weighted by molar-refractivity contribution is 4.97. The molecule has 2 nitrogen and oxygen atoms in total. The first-order valence-corrected chi connectivity index (χ1v) is 6.03. The van der Waals surface area contributed by atoms with Crippen molar-refractivity contribution in [1.29, 1.82) is 0 Å². The average Bonchev–Trinajstić information content (AvgIpc) is 2.48. The first kappa shape index (κ1) is 10.4. The molecule has 2 rings (SSSR count). The van der Waals surface area contributed by atoms with Gasteiger partial charge in [-0.2, -0.15) is 0 Å². The van der Waals surface area contributed by atoms with Crippen LogP contribution in [0, 0.1) is 5.41 Å². The van der Waals surface area contributed by atoms with Crippen LogP contribution in [0.2, 0.25) is 0 Å². The summed E-state index contributed by atoms with van der Waals surface area (Å²) in [4.78, 5) is 2.75. The molecule has 1 atom stereocenters. The van der Waals surface area contributed by atoms with Crippen molar-refractivity contribution in [1.82, 2.24) is 10.2 Å². The molecule has 1 aliphatic carbocycles. The molecule has 14 heavy (non-hydrogen) atoms. The maximum Gasteiger partial charge on any atom is 0.0223 e. The minimum atomic E-state index is 0.622. The zero-order valence-corrected chi connectivity index (χ0v) is 9.84. The number of nitrogens with one attached hydrogen (secondary N) is 1. The van der Waals surface area contributed by atoms with Crippen LogP contribution in [0.25, 0.3) is 0 Å². The highest BCUT2D eigenvalue weighted by atomic mass is 15.2. The third-order valence-corrected chi connectivity index (χ3v) is 3.91. The predicted octanol–water partition coefficient (Wildman–Crippen LogP) is 1.86. The average molecular weight is 196 g/mol. The van der Waals surface area contributed by atoms with E-state index >= 15 is 0 Å². The second kappa shape index (κ2) is 3.82. The van der Waals surface area contributed by atoms with E-state index in [2.05, 4.69) is 31.1 Å². The van der Waals surface area contributed by atoms with E-state index < -0.39 is 0 Å². The number of hydrogen-bond donors (Lipinski definition) is 1. The summed E-state index contributed by atoms with van der Waals surface area (Å²) >= 11 is 0.